The van der Waals surface area contributed by atoms with Gasteiger partial charge in [-0.2, -0.15) is 0 Å². The topological polar surface area (TPSA) is 93.6 Å². The van der Waals surface area contributed by atoms with Crippen LogP contribution in [0.3, 0.4) is 0 Å². The van der Waals surface area contributed by atoms with Crippen molar-refractivity contribution in [1.82, 2.24) is 14.5 Å². The molecule has 2 heterocycles. The number of halogens is 3. The van der Waals surface area contributed by atoms with Gasteiger partial charge < -0.3 is 25.0 Å². The molecule has 1 saturated heterocycles. The summed E-state index contributed by atoms with van der Waals surface area (Å²) in [5.41, 5.74) is 5.51. The third-order valence-corrected chi connectivity index (χ3v) is 6.76. The normalized spacial score (nSPS) is 17.4. The molecule has 206 valence electrons. The molecule has 2 aromatic rings. The first-order valence-corrected chi connectivity index (χ1v) is 12.8. The van der Waals surface area contributed by atoms with Crippen LogP contribution in [-0.2, 0) is 16.1 Å². The molecule has 0 bridgehead atoms. The lowest BCUT2D eigenvalue weighted by Gasteiger charge is -2.41. The summed E-state index contributed by atoms with van der Waals surface area (Å²) in [5, 5.41) is 10.2. The van der Waals surface area contributed by atoms with Crippen LogP contribution in [0.2, 0.25) is 0 Å². The Hall–Kier alpha value is -2.43. The zero-order chi connectivity index (χ0) is 27.3. The second-order valence-corrected chi connectivity index (χ2v) is 11.0. The fourth-order valence-corrected chi connectivity index (χ4v) is 4.81. The van der Waals surface area contributed by atoms with Crippen molar-refractivity contribution in [1.29, 1.82) is 0 Å². The molecule has 1 aromatic heterocycles. The number of nitrogens with two attached hydrogens (primary N) is 1. The summed E-state index contributed by atoms with van der Waals surface area (Å²) in [6, 6.07) is 1.79. The SMILES string of the molecule is C[C@H](O)C(=O)N(CC[C@H](N)CF)[C@@H](c1nc(-c2cc(F)ccc2F)cn1CC1CCOCC1)C(C)(C)C. The highest BCUT2D eigenvalue weighted by atomic mass is 19.1. The van der Waals surface area contributed by atoms with Gasteiger partial charge in [-0.15, -0.1) is 0 Å². The van der Waals surface area contributed by atoms with Gasteiger partial charge in [0.15, 0.2) is 0 Å². The molecule has 3 rings (SSSR count). The minimum absolute atomic E-state index is 0.0208. The van der Waals surface area contributed by atoms with Gasteiger partial charge in [0.1, 0.15) is 30.2 Å². The maximum atomic E-state index is 14.8. The van der Waals surface area contributed by atoms with Gasteiger partial charge in [0.05, 0.1) is 11.7 Å². The Kier molecular flexibility index (Phi) is 9.77. The van der Waals surface area contributed by atoms with Gasteiger partial charge >= 0.3 is 0 Å². The van der Waals surface area contributed by atoms with E-state index in [2.05, 4.69) is 0 Å². The van der Waals surface area contributed by atoms with Gasteiger partial charge in [-0.1, -0.05) is 20.8 Å². The van der Waals surface area contributed by atoms with Crippen LogP contribution in [0, 0.1) is 23.0 Å². The predicted octanol–water partition coefficient (Wildman–Crippen LogP) is 4.24. The Labute approximate surface area is 216 Å². The molecule has 0 saturated carbocycles. The molecule has 7 nitrogen and oxygen atoms in total. The molecular weight excluding hydrogens is 485 g/mol. The average molecular weight is 525 g/mol. The molecule has 37 heavy (non-hydrogen) atoms. The van der Waals surface area contributed by atoms with E-state index >= 15 is 0 Å². The molecule has 1 aromatic carbocycles. The number of carbonyl (C=O) groups is 1. The number of rotatable bonds is 10. The van der Waals surface area contributed by atoms with Crippen molar-refractivity contribution < 1.29 is 27.8 Å². The zero-order valence-electron chi connectivity index (χ0n) is 22.1. The van der Waals surface area contributed by atoms with E-state index in [1.807, 2.05) is 25.3 Å². The zero-order valence-corrected chi connectivity index (χ0v) is 22.1. The number of amides is 1. The van der Waals surface area contributed by atoms with Crippen LogP contribution in [0.15, 0.2) is 24.4 Å². The molecule has 3 atom stereocenters. The standard InChI is InChI=1S/C27H39F3N4O3/c1-17(35)26(36)34(10-7-20(31)14-28)24(27(2,3)4)25-32-23(21-13-19(29)5-6-22(21)30)16-33(25)15-18-8-11-37-12-9-18/h5-6,13,16-18,20,24,35H,7-12,14-15,31H2,1-4H3/t17-,20-,24-/m0/s1. The third kappa shape index (κ3) is 7.33. The van der Waals surface area contributed by atoms with Crippen molar-refractivity contribution >= 4 is 5.91 Å². The summed E-state index contributed by atoms with van der Waals surface area (Å²) in [5.74, 6) is -0.976. The summed E-state index contributed by atoms with van der Waals surface area (Å²) in [6.07, 6.45) is 2.25. The number of ether oxygens (including phenoxy) is 1. The van der Waals surface area contributed by atoms with E-state index in [4.69, 9.17) is 15.5 Å². The number of aliphatic hydroxyl groups excluding tert-OH is 1. The van der Waals surface area contributed by atoms with Crippen LogP contribution in [-0.4, -0.2) is 64.0 Å². The van der Waals surface area contributed by atoms with Gasteiger partial charge in [-0.3, -0.25) is 4.79 Å². The van der Waals surface area contributed by atoms with Crippen LogP contribution >= 0.6 is 0 Å². The minimum Gasteiger partial charge on any atom is -0.384 e. The number of hydrogen-bond donors (Lipinski definition) is 2. The molecule has 3 N–H and O–H groups in total. The highest BCUT2D eigenvalue weighted by molar-refractivity contribution is 5.80. The van der Waals surface area contributed by atoms with Crippen LogP contribution in [0.1, 0.15) is 58.8 Å². The van der Waals surface area contributed by atoms with E-state index in [0.717, 1.165) is 31.0 Å². The molecule has 10 heteroatoms. The quantitative estimate of drug-likeness (QED) is 0.485. The number of hydrogen-bond acceptors (Lipinski definition) is 5. The fraction of sp³-hybridized carbons (Fsp3) is 0.630. The van der Waals surface area contributed by atoms with Crippen LogP contribution in [0.4, 0.5) is 13.2 Å². The number of nitrogens with zero attached hydrogens (tertiary/aromatic N) is 3. The van der Waals surface area contributed by atoms with Gasteiger partial charge in [0.25, 0.3) is 5.91 Å². The van der Waals surface area contributed by atoms with Gasteiger partial charge in [0.2, 0.25) is 0 Å². The number of carbonyl (C=O) groups excluding carboxylic acids is 1. The van der Waals surface area contributed by atoms with Crippen molar-refractivity contribution in [2.75, 3.05) is 26.4 Å². The van der Waals surface area contributed by atoms with Crippen molar-refractivity contribution in [3.05, 3.63) is 41.9 Å². The maximum Gasteiger partial charge on any atom is 0.251 e. The fourth-order valence-electron chi connectivity index (χ4n) is 4.81. The minimum atomic E-state index is -1.30. The molecule has 0 aliphatic carbocycles. The Bertz CT molecular complexity index is 1050. The Morgan fingerprint density at radius 1 is 1.30 bits per heavy atom. The van der Waals surface area contributed by atoms with Crippen LogP contribution < -0.4 is 5.73 Å². The van der Waals surface area contributed by atoms with Crippen molar-refractivity contribution in [3.63, 3.8) is 0 Å². The maximum absolute atomic E-state index is 14.8. The molecule has 1 amide bonds. The second-order valence-electron chi connectivity index (χ2n) is 11.0. The predicted molar refractivity (Wildman–Crippen MR) is 135 cm³/mol. The molecule has 0 spiro atoms. The highest BCUT2D eigenvalue weighted by Crippen LogP contribution is 2.40. The molecule has 1 fully saturated rings. The molecule has 1 aliphatic heterocycles. The molecule has 0 radical (unpaired) electrons. The van der Waals surface area contributed by atoms with Crippen molar-refractivity contribution in [2.45, 2.75) is 71.7 Å². The molecule has 0 unspecified atom stereocenters. The lowest BCUT2D eigenvalue weighted by atomic mass is 9.84. The van der Waals surface area contributed by atoms with E-state index in [9.17, 15) is 23.1 Å². The van der Waals surface area contributed by atoms with Crippen LogP contribution in [0.25, 0.3) is 11.3 Å². The summed E-state index contributed by atoms with van der Waals surface area (Å²) in [7, 11) is 0. The van der Waals surface area contributed by atoms with E-state index in [0.29, 0.717) is 25.6 Å². The number of imidazole rings is 1. The van der Waals surface area contributed by atoms with Gasteiger partial charge in [-0.25, -0.2) is 18.2 Å². The van der Waals surface area contributed by atoms with E-state index in [1.165, 1.54) is 11.8 Å². The first-order valence-electron chi connectivity index (χ1n) is 12.8. The number of alkyl halides is 1. The Morgan fingerprint density at radius 2 is 1.97 bits per heavy atom. The first kappa shape index (κ1) is 29.1. The first-order chi connectivity index (χ1) is 17.4. The Balaban J connectivity index is 2.15. The average Bonchev–Trinajstić information content (AvgIpc) is 3.24. The second kappa shape index (κ2) is 12.4. The lowest BCUT2D eigenvalue weighted by Crippen LogP contribution is -2.47. The Morgan fingerprint density at radius 3 is 2.57 bits per heavy atom. The smallest absolute Gasteiger partial charge is 0.251 e. The lowest BCUT2D eigenvalue weighted by molar-refractivity contribution is -0.145. The summed E-state index contributed by atoms with van der Waals surface area (Å²) in [6.45, 7) is 8.37. The molecule has 1 aliphatic rings. The number of aromatic nitrogens is 2. The van der Waals surface area contributed by atoms with Crippen molar-refractivity contribution in [2.24, 2.45) is 17.1 Å². The van der Waals surface area contributed by atoms with E-state index in [1.54, 1.807) is 6.20 Å². The summed E-state index contributed by atoms with van der Waals surface area (Å²) in [4.78, 5) is 19.5. The highest BCUT2D eigenvalue weighted by Gasteiger charge is 2.39. The van der Waals surface area contributed by atoms with Gasteiger partial charge in [-0.05, 0) is 55.7 Å². The largest absolute Gasteiger partial charge is 0.384 e. The monoisotopic (exact) mass is 524 g/mol. The van der Waals surface area contributed by atoms with E-state index in [-0.39, 0.29) is 30.1 Å². The number of benzene rings is 1. The number of aliphatic hydroxyl groups is 1. The van der Waals surface area contributed by atoms with E-state index < -0.39 is 47.8 Å². The summed E-state index contributed by atoms with van der Waals surface area (Å²) >= 11 is 0. The van der Waals surface area contributed by atoms with Crippen molar-refractivity contribution in [3.8, 4) is 11.3 Å². The molecular formula is C27H39F3N4O3. The van der Waals surface area contributed by atoms with Crippen LogP contribution in [0.5, 0.6) is 0 Å². The third-order valence-electron chi connectivity index (χ3n) is 6.76. The summed E-state index contributed by atoms with van der Waals surface area (Å²) < 4.78 is 49.4. The van der Waals surface area contributed by atoms with Gasteiger partial charge in [0, 0.05) is 44.1 Å².